The zero-order valence-corrected chi connectivity index (χ0v) is 22.8. The molecule has 0 fully saturated rings. The van der Waals surface area contributed by atoms with E-state index in [1.165, 1.54) is 16.7 Å². The highest BCUT2D eigenvalue weighted by Crippen LogP contribution is 2.37. The fraction of sp³-hybridized carbons (Fsp3) is 0.367. The molecule has 0 saturated heterocycles. The Morgan fingerprint density at radius 2 is 2.00 bits per heavy atom. The van der Waals surface area contributed by atoms with Gasteiger partial charge in [-0.1, -0.05) is 66.2 Å². The van der Waals surface area contributed by atoms with E-state index in [1.54, 1.807) is 4.68 Å². The first-order chi connectivity index (χ1) is 18.4. The van der Waals surface area contributed by atoms with Crippen molar-refractivity contribution in [2.75, 3.05) is 6.54 Å². The minimum Gasteiger partial charge on any atom is -0.489 e. The van der Waals surface area contributed by atoms with Crippen LogP contribution in [0.25, 0.3) is 11.0 Å². The molecule has 0 spiro atoms. The van der Waals surface area contributed by atoms with Crippen molar-refractivity contribution in [2.24, 2.45) is 0 Å². The highest BCUT2D eigenvalue weighted by Gasteiger charge is 2.25. The number of hydrogen-bond donors (Lipinski definition) is 1. The summed E-state index contributed by atoms with van der Waals surface area (Å²) in [4.78, 5) is 14.4. The Kier molecular flexibility index (Phi) is 7.68. The first kappa shape index (κ1) is 26.2. The van der Waals surface area contributed by atoms with Crippen LogP contribution in [0.1, 0.15) is 60.4 Å². The van der Waals surface area contributed by atoms with Gasteiger partial charge in [-0.05, 0) is 54.7 Å². The summed E-state index contributed by atoms with van der Waals surface area (Å²) in [6.07, 6.45) is 0.969. The van der Waals surface area contributed by atoms with Gasteiger partial charge in [-0.3, -0.25) is 9.69 Å². The Morgan fingerprint density at radius 1 is 1.18 bits per heavy atom. The van der Waals surface area contributed by atoms with Gasteiger partial charge in [-0.15, -0.1) is 5.10 Å². The number of rotatable bonds is 8. The third-order valence-corrected chi connectivity index (χ3v) is 7.85. The fourth-order valence-electron chi connectivity index (χ4n) is 5.32. The summed E-state index contributed by atoms with van der Waals surface area (Å²) in [6, 6.07) is 18.3. The number of carboxylic acids is 1. The van der Waals surface area contributed by atoms with E-state index in [4.69, 9.17) is 16.3 Å². The molecular weight excluding hydrogens is 500 g/mol. The van der Waals surface area contributed by atoms with Gasteiger partial charge in [0.25, 0.3) is 0 Å². The molecule has 0 amide bonds. The molecule has 7 nitrogen and oxygen atoms in total. The van der Waals surface area contributed by atoms with Crippen LogP contribution in [0.15, 0.2) is 54.6 Å². The Balaban J connectivity index is 1.50. The number of carbonyl (C=O) groups is 1. The second kappa shape index (κ2) is 11.1. The van der Waals surface area contributed by atoms with Gasteiger partial charge in [0.05, 0.1) is 17.0 Å². The summed E-state index contributed by atoms with van der Waals surface area (Å²) in [7, 11) is 0. The maximum atomic E-state index is 12.0. The number of aliphatic carboxylic acids is 1. The van der Waals surface area contributed by atoms with Crippen LogP contribution in [-0.4, -0.2) is 43.6 Å². The largest absolute Gasteiger partial charge is 0.489 e. The summed E-state index contributed by atoms with van der Waals surface area (Å²) in [5.74, 6) is -0.330. The average molecular weight is 533 g/mol. The molecule has 3 aromatic carbocycles. The normalized spacial score (nSPS) is 16.6. The third kappa shape index (κ3) is 5.26. The molecule has 0 saturated carbocycles. The smallest absolute Gasteiger partial charge is 0.304 e. The summed E-state index contributed by atoms with van der Waals surface area (Å²) in [5, 5.41) is 18.7. The SMILES string of the molecule is CC[C@@H]1CN(Cc2cc([C@H](CC(=O)O)c3ccc4c(nnn4CC)c3Cl)ccc2C)Cc2ccccc2O1. The molecule has 0 unspecified atom stereocenters. The van der Waals surface area contributed by atoms with Crippen molar-refractivity contribution >= 4 is 28.6 Å². The van der Waals surface area contributed by atoms with Gasteiger partial charge in [-0.2, -0.15) is 0 Å². The molecule has 1 aliphatic heterocycles. The maximum Gasteiger partial charge on any atom is 0.304 e. The number of ether oxygens (including phenoxy) is 1. The molecule has 38 heavy (non-hydrogen) atoms. The number of para-hydroxylation sites is 1. The monoisotopic (exact) mass is 532 g/mol. The molecule has 4 aromatic rings. The molecule has 0 aliphatic carbocycles. The van der Waals surface area contributed by atoms with E-state index >= 15 is 0 Å². The minimum absolute atomic E-state index is 0.0710. The topological polar surface area (TPSA) is 80.5 Å². The van der Waals surface area contributed by atoms with E-state index < -0.39 is 11.9 Å². The van der Waals surface area contributed by atoms with Crippen LogP contribution in [0.4, 0.5) is 0 Å². The molecule has 5 rings (SSSR count). The number of nitrogens with zero attached hydrogens (tertiary/aromatic N) is 4. The summed E-state index contributed by atoms with van der Waals surface area (Å²) in [5.41, 5.74) is 6.64. The Hall–Kier alpha value is -3.42. The van der Waals surface area contributed by atoms with E-state index in [-0.39, 0.29) is 12.5 Å². The lowest BCUT2D eigenvalue weighted by Gasteiger charge is -2.25. The molecule has 1 N–H and O–H groups in total. The van der Waals surface area contributed by atoms with Gasteiger partial charge in [0.15, 0.2) is 0 Å². The molecule has 2 heterocycles. The highest BCUT2D eigenvalue weighted by atomic mass is 35.5. The predicted octanol–water partition coefficient (Wildman–Crippen LogP) is 6.19. The lowest BCUT2D eigenvalue weighted by molar-refractivity contribution is -0.137. The van der Waals surface area contributed by atoms with Gasteiger partial charge < -0.3 is 9.84 Å². The Morgan fingerprint density at radius 3 is 2.76 bits per heavy atom. The van der Waals surface area contributed by atoms with Crippen LogP contribution >= 0.6 is 11.6 Å². The van der Waals surface area contributed by atoms with Crippen LogP contribution in [0.2, 0.25) is 5.02 Å². The number of fused-ring (bicyclic) bond motifs is 2. The zero-order valence-electron chi connectivity index (χ0n) is 22.0. The van der Waals surface area contributed by atoms with Gasteiger partial charge in [0, 0.05) is 37.7 Å². The van der Waals surface area contributed by atoms with Crippen molar-refractivity contribution in [1.29, 1.82) is 0 Å². The summed E-state index contributed by atoms with van der Waals surface area (Å²) >= 11 is 6.83. The molecule has 198 valence electrons. The van der Waals surface area contributed by atoms with E-state index in [9.17, 15) is 9.90 Å². The average Bonchev–Trinajstić information content (AvgIpc) is 3.24. The number of aromatic nitrogens is 3. The van der Waals surface area contributed by atoms with Crippen molar-refractivity contribution in [1.82, 2.24) is 19.9 Å². The minimum atomic E-state index is -0.877. The molecule has 2 atom stereocenters. The van der Waals surface area contributed by atoms with Crippen molar-refractivity contribution in [2.45, 2.75) is 65.3 Å². The zero-order chi connectivity index (χ0) is 26.8. The van der Waals surface area contributed by atoms with Crippen molar-refractivity contribution < 1.29 is 14.6 Å². The number of hydrogen-bond acceptors (Lipinski definition) is 5. The van der Waals surface area contributed by atoms with Gasteiger partial charge in [0.2, 0.25) is 0 Å². The molecule has 1 aromatic heterocycles. The quantitative estimate of drug-likeness (QED) is 0.291. The van der Waals surface area contributed by atoms with Crippen LogP contribution in [0.5, 0.6) is 5.75 Å². The molecule has 0 bridgehead atoms. The Bertz CT molecular complexity index is 1470. The standard InChI is InChI=1S/C30H33ClN4O3/c1-4-23-18-34(16-21-8-6-7-9-27(21)38-23)17-22-14-20(11-10-19(22)3)25(15-28(36)37)24-12-13-26-30(29(24)31)32-33-35(26)5-2/h6-14,23,25H,4-5,15-18H2,1-3H3,(H,36,37)/t23-,25+/m1/s1. The Labute approximate surface area is 228 Å². The van der Waals surface area contributed by atoms with E-state index in [2.05, 4.69) is 53.3 Å². The van der Waals surface area contributed by atoms with Gasteiger partial charge in [0.1, 0.15) is 17.4 Å². The van der Waals surface area contributed by atoms with Crippen molar-refractivity contribution in [3.63, 3.8) is 0 Å². The third-order valence-electron chi connectivity index (χ3n) is 7.46. The summed E-state index contributed by atoms with van der Waals surface area (Å²) < 4.78 is 8.08. The van der Waals surface area contributed by atoms with Crippen LogP contribution in [0.3, 0.4) is 0 Å². The fourth-order valence-corrected chi connectivity index (χ4v) is 5.65. The number of aryl methyl sites for hydroxylation is 2. The van der Waals surface area contributed by atoms with E-state index in [0.29, 0.717) is 17.1 Å². The maximum absolute atomic E-state index is 12.0. The second-order valence-electron chi connectivity index (χ2n) is 10.0. The predicted molar refractivity (Wildman–Crippen MR) is 149 cm³/mol. The van der Waals surface area contributed by atoms with Crippen LogP contribution in [-0.2, 0) is 24.4 Å². The number of benzene rings is 3. The molecular formula is C30H33ClN4O3. The second-order valence-corrected chi connectivity index (χ2v) is 10.4. The van der Waals surface area contributed by atoms with E-state index in [1.807, 2.05) is 37.3 Å². The van der Waals surface area contributed by atoms with E-state index in [0.717, 1.165) is 48.4 Å². The van der Waals surface area contributed by atoms with Crippen molar-refractivity contribution in [3.8, 4) is 5.75 Å². The first-order valence-electron chi connectivity index (χ1n) is 13.2. The first-order valence-corrected chi connectivity index (χ1v) is 13.5. The van der Waals surface area contributed by atoms with Gasteiger partial charge in [-0.25, -0.2) is 4.68 Å². The highest BCUT2D eigenvalue weighted by molar-refractivity contribution is 6.35. The lowest BCUT2D eigenvalue weighted by atomic mass is 9.86. The van der Waals surface area contributed by atoms with Crippen LogP contribution in [0, 0.1) is 6.92 Å². The lowest BCUT2D eigenvalue weighted by Crippen LogP contribution is -2.32. The number of halogens is 1. The summed E-state index contributed by atoms with van der Waals surface area (Å²) in [6.45, 7) is 9.29. The molecule has 1 aliphatic rings. The van der Waals surface area contributed by atoms with Crippen molar-refractivity contribution in [3.05, 3.63) is 87.4 Å². The molecule has 8 heteroatoms. The van der Waals surface area contributed by atoms with Gasteiger partial charge >= 0.3 is 5.97 Å². The molecule has 0 radical (unpaired) electrons. The number of carboxylic acid groups (broad SMARTS) is 1. The van der Waals surface area contributed by atoms with Crippen LogP contribution < -0.4 is 4.74 Å².